The lowest BCUT2D eigenvalue weighted by atomic mass is 9.78. The van der Waals surface area contributed by atoms with E-state index in [0.29, 0.717) is 0 Å². The monoisotopic (exact) mass is 326 g/mol. The van der Waals surface area contributed by atoms with E-state index in [1.165, 1.54) is 6.33 Å². The van der Waals surface area contributed by atoms with E-state index in [1.807, 2.05) is 24.0 Å². The number of aromatic nitrogens is 2. The van der Waals surface area contributed by atoms with Crippen molar-refractivity contribution >= 4 is 11.6 Å². The van der Waals surface area contributed by atoms with E-state index in [9.17, 15) is 4.79 Å². The Morgan fingerprint density at radius 1 is 1.21 bits per heavy atom. The topological polar surface area (TPSA) is 62.5 Å². The van der Waals surface area contributed by atoms with Gasteiger partial charge in [0.05, 0.1) is 30.0 Å². The van der Waals surface area contributed by atoms with E-state index in [2.05, 4.69) is 14.9 Å². The number of anilines is 1. The van der Waals surface area contributed by atoms with Gasteiger partial charge in [-0.2, -0.15) is 0 Å². The highest BCUT2D eigenvalue weighted by Crippen LogP contribution is 2.41. The Hall–Kier alpha value is -2.21. The number of carbonyl (C=O) groups is 1. The summed E-state index contributed by atoms with van der Waals surface area (Å²) >= 11 is 0. The largest absolute Gasteiger partial charge is 0.465 e. The van der Waals surface area contributed by atoms with E-state index in [0.717, 1.165) is 62.6 Å². The molecule has 4 rings (SSSR count). The van der Waals surface area contributed by atoms with Gasteiger partial charge in [0.25, 0.3) is 0 Å². The number of hydrogen-bond donors (Lipinski definition) is 0. The second-order valence-corrected chi connectivity index (χ2v) is 6.91. The minimum absolute atomic E-state index is 0.220. The van der Waals surface area contributed by atoms with Crippen molar-refractivity contribution in [3.05, 3.63) is 42.4 Å². The van der Waals surface area contributed by atoms with Crippen LogP contribution in [0.1, 0.15) is 30.8 Å². The number of hydrogen-bond acceptors (Lipinski definition) is 5. The van der Waals surface area contributed by atoms with Crippen molar-refractivity contribution in [3.63, 3.8) is 0 Å². The quantitative estimate of drug-likeness (QED) is 0.867. The van der Waals surface area contributed by atoms with Gasteiger partial charge in [0.15, 0.2) is 0 Å². The molecule has 0 radical (unpaired) electrons. The van der Waals surface area contributed by atoms with Gasteiger partial charge in [-0.1, -0.05) is 0 Å². The maximum atomic E-state index is 13.1. The lowest BCUT2D eigenvalue weighted by Crippen LogP contribution is -2.47. The molecular weight excluding hydrogens is 304 g/mol. The van der Waals surface area contributed by atoms with E-state index in [4.69, 9.17) is 4.42 Å². The van der Waals surface area contributed by atoms with Crippen LogP contribution < -0.4 is 4.90 Å². The zero-order chi connectivity index (χ0) is 16.6. The molecule has 1 atom stereocenters. The number of aryl methyl sites for hydroxylation is 1. The van der Waals surface area contributed by atoms with Crippen LogP contribution in [0.25, 0.3) is 0 Å². The second kappa shape index (κ2) is 6.02. The fourth-order valence-electron chi connectivity index (χ4n) is 4.03. The van der Waals surface area contributed by atoms with Crippen molar-refractivity contribution in [2.75, 3.05) is 24.5 Å². The average Bonchev–Trinajstić information content (AvgIpc) is 3.13. The molecule has 0 bridgehead atoms. The van der Waals surface area contributed by atoms with Crippen molar-refractivity contribution in [2.24, 2.45) is 5.41 Å². The molecule has 2 aliphatic rings. The molecule has 1 amide bonds. The molecule has 6 nitrogen and oxygen atoms in total. The number of amides is 1. The zero-order valence-electron chi connectivity index (χ0n) is 13.9. The minimum atomic E-state index is -0.268. The van der Waals surface area contributed by atoms with Gasteiger partial charge in [-0.25, -0.2) is 9.97 Å². The molecule has 1 spiro atoms. The first kappa shape index (κ1) is 15.3. The van der Waals surface area contributed by atoms with Crippen LogP contribution in [0.5, 0.6) is 0 Å². The molecule has 1 unspecified atom stereocenters. The SMILES string of the molecule is Cc1ccc(CN2CCCC3(CCN(c4cncnc4)C3=O)C2)o1. The molecule has 0 aromatic carbocycles. The van der Waals surface area contributed by atoms with Crippen molar-refractivity contribution < 1.29 is 9.21 Å². The zero-order valence-corrected chi connectivity index (χ0v) is 13.9. The van der Waals surface area contributed by atoms with Crippen molar-refractivity contribution in [3.8, 4) is 0 Å². The highest BCUT2D eigenvalue weighted by molar-refractivity contribution is 5.99. The Balaban J connectivity index is 1.49. The summed E-state index contributed by atoms with van der Waals surface area (Å²) < 4.78 is 5.70. The molecule has 2 saturated heterocycles. The summed E-state index contributed by atoms with van der Waals surface area (Å²) in [7, 11) is 0. The first-order valence-electron chi connectivity index (χ1n) is 8.51. The van der Waals surface area contributed by atoms with Crippen molar-refractivity contribution in [2.45, 2.75) is 32.7 Å². The summed E-state index contributed by atoms with van der Waals surface area (Å²) in [5.41, 5.74) is 0.536. The fourth-order valence-corrected chi connectivity index (χ4v) is 4.03. The lowest BCUT2D eigenvalue weighted by Gasteiger charge is -2.38. The predicted octanol–water partition coefficient (Wildman–Crippen LogP) is 2.40. The Labute approximate surface area is 141 Å². The third kappa shape index (κ3) is 2.71. The van der Waals surface area contributed by atoms with E-state index >= 15 is 0 Å². The maximum absolute atomic E-state index is 13.1. The first-order chi connectivity index (χ1) is 11.7. The van der Waals surface area contributed by atoms with E-state index < -0.39 is 0 Å². The molecule has 0 saturated carbocycles. The Morgan fingerprint density at radius 2 is 2.04 bits per heavy atom. The normalized spacial score (nSPS) is 24.9. The van der Waals surface area contributed by atoms with Gasteiger partial charge in [0.2, 0.25) is 5.91 Å². The molecule has 2 fully saturated rings. The predicted molar refractivity (Wildman–Crippen MR) is 89.4 cm³/mol. The van der Waals surface area contributed by atoms with Crippen LogP contribution in [0.2, 0.25) is 0 Å². The summed E-state index contributed by atoms with van der Waals surface area (Å²) in [4.78, 5) is 25.4. The summed E-state index contributed by atoms with van der Waals surface area (Å²) in [6.45, 7) is 5.30. The fraction of sp³-hybridized carbons (Fsp3) is 0.500. The third-order valence-electron chi connectivity index (χ3n) is 5.20. The van der Waals surface area contributed by atoms with Gasteiger partial charge in [-0.05, 0) is 44.9 Å². The highest BCUT2D eigenvalue weighted by Gasteiger charge is 2.49. The van der Waals surface area contributed by atoms with Crippen LogP contribution in [0.4, 0.5) is 5.69 Å². The molecule has 126 valence electrons. The molecule has 2 aliphatic heterocycles. The van der Waals surface area contributed by atoms with Gasteiger partial charge in [0.1, 0.15) is 17.8 Å². The molecule has 0 N–H and O–H groups in total. The van der Waals surface area contributed by atoms with Crippen LogP contribution in [0, 0.1) is 12.3 Å². The Kier molecular flexibility index (Phi) is 3.84. The summed E-state index contributed by atoms with van der Waals surface area (Å²) in [6.07, 6.45) is 7.84. The summed E-state index contributed by atoms with van der Waals surface area (Å²) in [6, 6.07) is 4.02. The molecule has 24 heavy (non-hydrogen) atoms. The minimum Gasteiger partial charge on any atom is -0.465 e. The van der Waals surface area contributed by atoms with Gasteiger partial charge in [0, 0.05) is 13.1 Å². The van der Waals surface area contributed by atoms with Crippen LogP contribution in [-0.4, -0.2) is 40.4 Å². The van der Waals surface area contributed by atoms with E-state index in [1.54, 1.807) is 12.4 Å². The number of nitrogens with zero attached hydrogens (tertiary/aromatic N) is 4. The summed E-state index contributed by atoms with van der Waals surface area (Å²) in [5, 5.41) is 0. The van der Waals surface area contributed by atoms with Crippen LogP contribution in [0.15, 0.2) is 35.3 Å². The number of carbonyl (C=O) groups excluding carboxylic acids is 1. The molecule has 2 aromatic heterocycles. The smallest absolute Gasteiger partial charge is 0.234 e. The maximum Gasteiger partial charge on any atom is 0.234 e. The second-order valence-electron chi connectivity index (χ2n) is 6.91. The molecule has 6 heteroatoms. The van der Waals surface area contributed by atoms with Gasteiger partial charge in [-0.15, -0.1) is 0 Å². The van der Waals surface area contributed by atoms with Gasteiger partial charge in [-0.3, -0.25) is 9.69 Å². The van der Waals surface area contributed by atoms with Crippen LogP contribution in [-0.2, 0) is 11.3 Å². The Bertz CT molecular complexity index is 730. The molecular formula is C18H22N4O2. The number of furan rings is 1. The van der Waals surface area contributed by atoms with Crippen LogP contribution >= 0.6 is 0 Å². The first-order valence-corrected chi connectivity index (χ1v) is 8.51. The number of likely N-dealkylation sites (tertiary alicyclic amines) is 1. The van der Waals surface area contributed by atoms with Crippen molar-refractivity contribution in [1.82, 2.24) is 14.9 Å². The number of rotatable bonds is 3. The molecule has 2 aromatic rings. The standard InChI is InChI=1S/C18H22N4O2/c1-14-3-4-16(24-14)11-21-7-2-5-18(12-21)6-8-22(17(18)23)15-9-19-13-20-10-15/h3-4,9-10,13H,2,5-8,11-12H2,1H3. The lowest BCUT2D eigenvalue weighted by molar-refractivity contribution is -0.128. The average molecular weight is 326 g/mol. The van der Waals surface area contributed by atoms with Gasteiger partial charge < -0.3 is 9.32 Å². The summed E-state index contributed by atoms with van der Waals surface area (Å²) in [5.74, 6) is 2.13. The van der Waals surface area contributed by atoms with Crippen molar-refractivity contribution in [1.29, 1.82) is 0 Å². The number of piperidine rings is 1. The molecule has 4 heterocycles. The van der Waals surface area contributed by atoms with E-state index in [-0.39, 0.29) is 11.3 Å². The molecule has 0 aliphatic carbocycles. The highest BCUT2D eigenvalue weighted by atomic mass is 16.3. The third-order valence-corrected chi connectivity index (χ3v) is 5.20. The van der Waals surface area contributed by atoms with Gasteiger partial charge >= 0.3 is 0 Å². The van der Waals surface area contributed by atoms with Crippen LogP contribution in [0.3, 0.4) is 0 Å². The Morgan fingerprint density at radius 3 is 2.79 bits per heavy atom.